The molecule has 0 unspecified atom stereocenters. The van der Waals surface area contributed by atoms with Gasteiger partial charge in [-0.25, -0.2) is 0 Å². The third kappa shape index (κ3) is 4.91. The summed E-state index contributed by atoms with van der Waals surface area (Å²) in [6.07, 6.45) is -4.68. The van der Waals surface area contributed by atoms with E-state index in [1.165, 1.54) is 4.90 Å². The number of hydrogen-bond acceptors (Lipinski definition) is 6. The Morgan fingerprint density at radius 3 is 2.63 bits per heavy atom. The summed E-state index contributed by atoms with van der Waals surface area (Å²) < 4.78 is 48.8. The van der Waals surface area contributed by atoms with E-state index >= 15 is 0 Å². The van der Waals surface area contributed by atoms with Crippen LogP contribution in [0.5, 0.6) is 11.5 Å². The van der Waals surface area contributed by atoms with Gasteiger partial charge in [0.15, 0.2) is 11.5 Å². The van der Waals surface area contributed by atoms with E-state index in [1.807, 2.05) is 0 Å². The van der Waals surface area contributed by atoms with Gasteiger partial charge < -0.3 is 19.7 Å². The Labute approximate surface area is 169 Å². The Morgan fingerprint density at radius 1 is 1.20 bits per heavy atom. The second-order valence-corrected chi connectivity index (χ2v) is 6.60. The maximum atomic E-state index is 12.8. The number of benzene rings is 2. The van der Waals surface area contributed by atoms with Crippen LogP contribution in [0.3, 0.4) is 0 Å². The molecule has 0 saturated carbocycles. The molecule has 30 heavy (non-hydrogen) atoms. The van der Waals surface area contributed by atoms with Crippen molar-refractivity contribution in [2.75, 3.05) is 25.7 Å². The summed E-state index contributed by atoms with van der Waals surface area (Å²) >= 11 is 0. The highest BCUT2D eigenvalue weighted by molar-refractivity contribution is 5.76. The summed E-state index contributed by atoms with van der Waals surface area (Å²) in [6.45, 7) is 0.488. The molecule has 1 heterocycles. The largest absolute Gasteiger partial charge is 0.454 e. The molecular weight excluding hydrogens is 407 g/mol. The number of rotatable bonds is 7. The van der Waals surface area contributed by atoms with Gasteiger partial charge in [0.05, 0.1) is 10.5 Å². The molecule has 0 fully saturated rings. The first kappa shape index (κ1) is 21.2. The van der Waals surface area contributed by atoms with E-state index in [2.05, 4.69) is 5.32 Å². The number of carbonyl (C=O) groups excluding carboxylic acids is 1. The van der Waals surface area contributed by atoms with Gasteiger partial charge in [0.1, 0.15) is 5.69 Å². The predicted molar refractivity (Wildman–Crippen MR) is 100 cm³/mol. The van der Waals surface area contributed by atoms with Crippen LogP contribution in [0, 0.1) is 10.1 Å². The van der Waals surface area contributed by atoms with Crippen LogP contribution in [0.4, 0.5) is 24.5 Å². The lowest BCUT2D eigenvalue weighted by Gasteiger charge is -2.18. The van der Waals surface area contributed by atoms with Crippen molar-refractivity contribution >= 4 is 17.3 Å². The fraction of sp³-hybridized carbons (Fsp3) is 0.316. The number of ether oxygens (including phenoxy) is 2. The van der Waals surface area contributed by atoms with Gasteiger partial charge in [0, 0.05) is 32.6 Å². The zero-order chi connectivity index (χ0) is 21.9. The smallest absolute Gasteiger partial charge is 0.416 e. The maximum absolute atomic E-state index is 12.8. The van der Waals surface area contributed by atoms with Gasteiger partial charge in [-0.1, -0.05) is 6.07 Å². The normalized spacial score (nSPS) is 12.5. The average Bonchev–Trinajstić information content (AvgIpc) is 3.14. The van der Waals surface area contributed by atoms with Crippen LogP contribution >= 0.6 is 0 Å². The number of anilines is 1. The summed E-state index contributed by atoms with van der Waals surface area (Å²) in [5.41, 5.74) is -1.06. The summed E-state index contributed by atoms with van der Waals surface area (Å²) in [4.78, 5) is 24.0. The summed E-state index contributed by atoms with van der Waals surface area (Å²) in [5, 5.41) is 13.8. The molecule has 8 nitrogen and oxygen atoms in total. The Kier molecular flexibility index (Phi) is 5.99. The van der Waals surface area contributed by atoms with Crippen LogP contribution in [-0.4, -0.2) is 36.1 Å². The molecule has 2 aromatic rings. The van der Waals surface area contributed by atoms with E-state index in [4.69, 9.17) is 9.47 Å². The minimum absolute atomic E-state index is 0.000766. The van der Waals surface area contributed by atoms with Gasteiger partial charge in [0.25, 0.3) is 5.69 Å². The van der Waals surface area contributed by atoms with E-state index in [9.17, 15) is 28.1 Å². The van der Waals surface area contributed by atoms with Gasteiger partial charge >= 0.3 is 6.18 Å². The number of halogens is 3. The van der Waals surface area contributed by atoms with E-state index in [1.54, 1.807) is 25.2 Å². The molecule has 11 heteroatoms. The van der Waals surface area contributed by atoms with Gasteiger partial charge in [-0.05, 0) is 29.8 Å². The second-order valence-electron chi connectivity index (χ2n) is 6.60. The lowest BCUT2D eigenvalue weighted by molar-refractivity contribution is -0.384. The van der Waals surface area contributed by atoms with Crippen molar-refractivity contribution in [2.24, 2.45) is 0 Å². The minimum Gasteiger partial charge on any atom is -0.454 e. The number of nitrogens with one attached hydrogen (secondary N) is 1. The van der Waals surface area contributed by atoms with Gasteiger partial charge in [0.2, 0.25) is 12.7 Å². The number of nitrogens with zero attached hydrogens (tertiary/aromatic N) is 2. The van der Waals surface area contributed by atoms with Crippen molar-refractivity contribution in [1.82, 2.24) is 4.90 Å². The third-order valence-electron chi connectivity index (χ3n) is 4.46. The number of alkyl halides is 3. The van der Waals surface area contributed by atoms with Crippen molar-refractivity contribution in [1.29, 1.82) is 0 Å². The Bertz CT molecular complexity index is 965. The lowest BCUT2D eigenvalue weighted by atomic mass is 10.1. The standard InChI is InChI=1S/C19H18F3N3O5/c1-24(10-12-2-5-16-17(8-12)30-11-29-16)18(26)6-7-23-14-4-3-13(19(20,21)22)9-15(14)25(27)28/h2-5,8-9,23H,6-7,10-11H2,1H3. The summed E-state index contributed by atoms with van der Waals surface area (Å²) in [6, 6.07) is 7.54. The van der Waals surface area contributed by atoms with Gasteiger partial charge in [-0.2, -0.15) is 13.2 Å². The Hall–Kier alpha value is -3.50. The number of carbonyl (C=O) groups is 1. The number of hydrogen-bond donors (Lipinski definition) is 1. The van der Waals surface area contributed by atoms with E-state index in [-0.39, 0.29) is 31.4 Å². The monoisotopic (exact) mass is 425 g/mol. The molecule has 0 radical (unpaired) electrons. The highest BCUT2D eigenvalue weighted by Crippen LogP contribution is 2.35. The van der Waals surface area contributed by atoms with E-state index < -0.39 is 22.4 Å². The minimum atomic E-state index is -4.68. The van der Waals surface area contributed by atoms with Crippen LogP contribution in [-0.2, 0) is 17.5 Å². The van der Waals surface area contributed by atoms with Crippen LogP contribution in [0.15, 0.2) is 36.4 Å². The number of fused-ring (bicyclic) bond motifs is 1. The van der Waals surface area contributed by atoms with Crippen LogP contribution in [0.25, 0.3) is 0 Å². The van der Waals surface area contributed by atoms with Crippen LogP contribution in [0.2, 0.25) is 0 Å². The fourth-order valence-electron chi connectivity index (χ4n) is 2.90. The quantitative estimate of drug-likeness (QED) is 0.536. The molecule has 1 N–H and O–H groups in total. The highest BCUT2D eigenvalue weighted by Gasteiger charge is 2.33. The van der Waals surface area contributed by atoms with Crippen LogP contribution < -0.4 is 14.8 Å². The zero-order valence-electron chi connectivity index (χ0n) is 15.9. The zero-order valence-corrected chi connectivity index (χ0v) is 15.9. The molecule has 0 aromatic heterocycles. The SMILES string of the molecule is CN(Cc1ccc2c(c1)OCO2)C(=O)CCNc1ccc(C(F)(F)F)cc1[N+](=O)[O-]. The molecular formula is C19H18F3N3O5. The first-order valence-electron chi connectivity index (χ1n) is 8.87. The summed E-state index contributed by atoms with van der Waals surface area (Å²) in [7, 11) is 1.60. The lowest BCUT2D eigenvalue weighted by Crippen LogP contribution is -2.27. The molecule has 3 rings (SSSR count). The molecule has 2 aromatic carbocycles. The first-order valence-corrected chi connectivity index (χ1v) is 8.87. The van der Waals surface area contributed by atoms with Crippen molar-refractivity contribution < 1.29 is 32.4 Å². The van der Waals surface area contributed by atoms with Crippen molar-refractivity contribution in [3.63, 3.8) is 0 Å². The molecule has 0 atom stereocenters. The maximum Gasteiger partial charge on any atom is 0.416 e. The first-order chi connectivity index (χ1) is 14.1. The molecule has 160 valence electrons. The Balaban J connectivity index is 1.56. The molecule has 1 amide bonds. The van der Waals surface area contributed by atoms with Gasteiger partial charge in [-0.3, -0.25) is 14.9 Å². The molecule has 0 bridgehead atoms. The van der Waals surface area contributed by atoms with Crippen LogP contribution in [0.1, 0.15) is 17.5 Å². The molecule has 0 spiro atoms. The molecule has 0 saturated heterocycles. The second kappa shape index (κ2) is 8.47. The number of nitro groups is 1. The molecule has 0 aliphatic carbocycles. The van der Waals surface area contributed by atoms with E-state index in [0.29, 0.717) is 24.1 Å². The Morgan fingerprint density at radius 2 is 1.93 bits per heavy atom. The predicted octanol–water partition coefficient (Wildman–Crippen LogP) is 3.80. The third-order valence-corrected chi connectivity index (χ3v) is 4.46. The van der Waals surface area contributed by atoms with E-state index in [0.717, 1.165) is 17.7 Å². The fourth-order valence-corrected chi connectivity index (χ4v) is 2.90. The van der Waals surface area contributed by atoms with Crippen molar-refractivity contribution in [3.8, 4) is 11.5 Å². The molecule has 1 aliphatic rings. The summed E-state index contributed by atoms with van der Waals surface area (Å²) in [5.74, 6) is 0.995. The topological polar surface area (TPSA) is 93.9 Å². The van der Waals surface area contributed by atoms with Crippen molar-refractivity contribution in [2.45, 2.75) is 19.1 Å². The highest BCUT2D eigenvalue weighted by atomic mass is 19.4. The number of amides is 1. The van der Waals surface area contributed by atoms with Crippen molar-refractivity contribution in [3.05, 3.63) is 57.6 Å². The molecule has 1 aliphatic heterocycles. The average molecular weight is 425 g/mol. The number of nitro benzene ring substituents is 1. The van der Waals surface area contributed by atoms with Gasteiger partial charge in [-0.15, -0.1) is 0 Å².